The van der Waals surface area contributed by atoms with Crippen LogP contribution in [-0.2, 0) is 0 Å². The Morgan fingerprint density at radius 1 is 1.33 bits per heavy atom. The SMILES string of the molecule is C=C1CCCCC1=CC=CCC. The van der Waals surface area contributed by atoms with Gasteiger partial charge in [0.25, 0.3) is 0 Å². The van der Waals surface area contributed by atoms with Gasteiger partial charge in [0.2, 0.25) is 0 Å². The second-order valence-electron chi connectivity index (χ2n) is 3.34. The molecule has 0 aromatic heterocycles. The highest BCUT2D eigenvalue weighted by molar-refractivity contribution is 5.32. The molecule has 1 fully saturated rings. The van der Waals surface area contributed by atoms with Gasteiger partial charge < -0.3 is 0 Å². The summed E-state index contributed by atoms with van der Waals surface area (Å²) >= 11 is 0. The van der Waals surface area contributed by atoms with E-state index in [9.17, 15) is 0 Å². The minimum absolute atomic E-state index is 1.12. The molecule has 1 rings (SSSR count). The summed E-state index contributed by atoms with van der Waals surface area (Å²) < 4.78 is 0. The molecule has 0 aromatic carbocycles. The van der Waals surface area contributed by atoms with Gasteiger partial charge in [-0.3, -0.25) is 0 Å². The molecule has 0 N–H and O–H groups in total. The lowest BCUT2D eigenvalue weighted by Gasteiger charge is -2.15. The first-order valence-corrected chi connectivity index (χ1v) is 4.88. The van der Waals surface area contributed by atoms with E-state index >= 15 is 0 Å². The first kappa shape index (κ1) is 9.31. The molecule has 0 bridgehead atoms. The van der Waals surface area contributed by atoms with Crippen LogP contribution in [0.3, 0.4) is 0 Å². The standard InChI is InChI=1S/C12H18/c1-3-4-5-9-12-10-7-6-8-11(12)2/h4-5,9H,2-3,6-8,10H2,1H3. The lowest BCUT2D eigenvalue weighted by molar-refractivity contribution is 0.681. The summed E-state index contributed by atoms with van der Waals surface area (Å²) in [5, 5.41) is 0. The lowest BCUT2D eigenvalue weighted by atomic mass is 9.90. The van der Waals surface area contributed by atoms with Gasteiger partial charge in [-0.05, 0) is 37.7 Å². The van der Waals surface area contributed by atoms with Gasteiger partial charge in [0.1, 0.15) is 0 Å². The molecule has 1 saturated carbocycles. The van der Waals surface area contributed by atoms with E-state index in [-0.39, 0.29) is 0 Å². The zero-order chi connectivity index (χ0) is 8.81. The molecular formula is C12H18. The number of hydrogen-bond acceptors (Lipinski definition) is 0. The highest BCUT2D eigenvalue weighted by Crippen LogP contribution is 2.26. The van der Waals surface area contributed by atoms with E-state index in [2.05, 4.69) is 31.7 Å². The van der Waals surface area contributed by atoms with Crippen molar-refractivity contribution in [2.75, 3.05) is 0 Å². The summed E-state index contributed by atoms with van der Waals surface area (Å²) in [6.45, 7) is 6.23. The molecule has 0 spiro atoms. The van der Waals surface area contributed by atoms with Gasteiger partial charge in [-0.1, -0.05) is 37.3 Å². The molecule has 1 aliphatic rings. The van der Waals surface area contributed by atoms with Crippen LogP contribution < -0.4 is 0 Å². The maximum atomic E-state index is 4.07. The fourth-order valence-corrected chi connectivity index (χ4v) is 1.51. The van der Waals surface area contributed by atoms with Crippen LogP contribution in [0.25, 0.3) is 0 Å². The normalized spacial score (nSPS) is 22.4. The van der Waals surface area contributed by atoms with Gasteiger partial charge in [0, 0.05) is 0 Å². The molecule has 0 heteroatoms. The van der Waals surface area contributed by atoms with Crippen LogP contribution in [0.15, 0.2) is 36.0 Å². The summed E-state index contributed by atoms with van der Waals surface area (Å²) in [6, 6.07) is 0. The minimum Gasteiger partial charge on any atom is -0.0956 e. The van der Waals surface area contributed by atoms with Crippen molar-refractivity contribution in [2.24, 2.45) is 0 Å². The molecular weight excluding hydrogens is 144 g/mol. The van der Waals surface area contributed by atoms with Crippen LogP contribution >= 0.6 is 0 Å². The second kappa shape index (κ2) is 4.97. The van der Waals surface area contributed by atoms with Crippen LogP contribution in [-0.4, -0.2) is 0 Å². The molecule has 0 atom stereocenters. The number of rotatable bonds is 2. The molecule has 0 nitrogen and oxygen atoms in total. The van der Waals surface area contributed by atoms with Crippen LogP contribution in [0.5, 0.6) is 0 Å². The second-order valence-corrected chi connectivity index (χ2v) is 3.34. The van der Waals surface area contributed by atoms with Crippen molar-refractivity contribution in [3.63, 3.8) is 0 Å². The molecule has 66 valence electrons. The van der Waals surface area contributed by atoms with Gasteiger partial charge in [0.05, 0.1) is 0 Å². The van der Waals surface area contributed by atoms with Gasteiger partial charge in [-0.15, -0.1) is 0 Å². The molecule has 0 saturated heterocycles. The van der Waals surface area contributed by atoms with Crippen molar-refractivity contribution >= 4 is 0 Å². The first-order valence-electron chi connectivity index (χ1n) is 4.88. The van der Waals surface area contributed by atoms with E-state index in [0.29, 0.717) is 0 Å². The summed E-state index contributed by atoms with van der Waals surface area (Å²) in [4.78, 5) is 0. The zero-order valence-corrected chi connectivity index (χ0v) is 7.97. The Bertz CT molecular complexity index is 206. The molecule has 0 unspecified atom stereocenters. The smallest absolute Gasteiger partial charge is 0.0276 e. The van der Waals surface area contributed by atoms with Crippen LogP contribution in [0.4, 0.5) is 0 Å². The molecule has 0 aliphatic heterocycles. The van der Waals surface area contributed by atoms with E-state index in [1.165, 1.54) is 36.8 Å². The molecule has 0 radical (unpaired) electrons. The van der Waals surface area contributed by atoms with Crippen molar-refractivity contribution in [3.05, 3.63) is 36.0 Å². The Hall–Kier alpha value is -0.780. The number of hydrogen-bond donors (Lipinski definition) is 0. The van der Waals surface area contributed by atoms with Crippen LogP contribution in [0, 0.1) is 0 Å². The van der Waals surface area contributed by atoms with Crippen molar-refractivity contribution < 1.29 is 0 Å². The van der Waals surface area contributed by atoms with E-state index in [4.69, 9.17) is 0 Å². The maximum absolute atomic E-state index is 4.07. The third-order valence-electron chi connectivity index (χ3n) is 2.30. The van der Waals surface area contributed by atoms with E-state index in [1.807, 2.05) is 0 Å². The monoisotopic (exact) mass is 162 g/mol. The van der Waals surface area contributed by atoms with Crippen molar-refractivity contribution in [1.29, 1.82) is 0 Å². The summed E-state index contributed by atoms with van der Waals surface area (Å²) in [6.07, 6.45) is 12.8. The average Bonchev–Trinajstić information content (AvgIpc) is 2.09. The van der Waals surface area contributed by atoms with Gasteiger partial charge in [-0.25, -0.2) is 0 Å². The molecule has 1 aliphatic carbocycles. The molecule has 12 heavy (non-hydrogen) atoms. The molecule has 0 heterocycles. The Labute approximate surface area is 75.7 Å². The molecule has 0 aromatic rings. The van der Waals surface area contributed by atoms with Crippen molar-refractivity contribution in [3.8, 4) is 0 Å². The minimum atomic E-state index is 1.12. The van der Waals surface area contributed by atoms with Gasteiger partial charge in [-0.2, -0.15) is 0 Å². The van der Waals surface area contributed by atoms with Crippen LogP contribution in [0.1, 0.15) is 39.0 Å². The Morgan fingerprint density at radius 3 is 2.75 bits per heavy atom. The predicted octanol–water partition coefficient (Wildman–Crippen LogP) is 4.01. The Morgan fingerprint density at radius 2 is 2.08 bits per heavy atom. The number of allylic oxidation sites excluding steroid dienone is 5. The summed E-state index contributed by atoms with van der Waals surface area (Å²) in [5.74, 6) is 0. The predicted molar refractivity (Wildman–Crippen MR) is 55.1 cm³/mol. The zero-order valence-electron chi connectivity index (χ0n) is 7.97. The average molecular weight is 162 g/mol. The highest BCUT2D eigenvalue weighted by Gasteiger charge is 2.07. The third-order valence-corrected chi connectivity index (χ3v) is 2.30. The van der Waals surface area contributed by atoms with Gasteiger partial charge in [0.15, 0.2) is 0 Å². The summed E-state index contributed by atoms with van der Waals surface area (Å²) in [7, 11) is 0. The highest BCUT2D eigenvalue weighted by atomic mass is 14.1. The first-order chi connectivity index (χ1) is 5.84. The van der Waals surface area contributed by atoms with Gasteiger partial charge >= 0.3 is 0 Å². The lowest BCUT2D eigenvalue weighted by Crippen LogP contribution is -1.96. The summed E-state index contributed by atoms with van der Waals surface area (Å²) in [5.41, 5.74) is 2.81. The topological polar surface area (TPSA) is 0 Å². The van der Waals surface area contributed by atoms with Crippen LogP contribution in [0.2, 0.25) is 0 Å². The molecule has 0 amide bonds. The third kappa shape index (κ3) is 2.69. The van der Waals surface area contributed by atoms with E-state index in [0.717, 1.165) is 6.42 Å². The largest absolute Gasteiger partial charge is 0.0956 e. The fourth-order valence-electron chi connectivity index (χ4n) is 1.51. The van der Waals surface area contributed by atoms with E-state index in [1.54, 1.807) is 0 Å². The van der Waals surface area contributed by atoms with Crippen molar-refractivity contribution in [1.82, 2.24) is 0 Å². The fraction of sp³-hybridized carbons (Fsp3) is 0.500. The Balaban J connectivity index is 2.53. The van der Waals surface area contributed by atoms with Crippen molar-refractivity contribution in [2.45, 2.75) is 39.0 Å². The Kier molecular flexibility index (Phi) is 3.86. The van der Waals surface area contributed by atoms with E-state index < -0.39 is 0 Å². The quantitative estimate of drug-likeness (QED) is 0.575. The maximum Gasteiger partial charge on any atom is -0.0276 e.